The number of amides is 1. The third kappa shape index (κ3) is 3.27. The van der Waals surface area contributed by atoms with Crippen molar-refractivity contribution in [3.05, 3.63) is 35.4 Å². The molecule has 22 heavy (non-hydrogen) atoms. The predicted molar refractivity (Wildman–Crippen MR) is 76.4 cm³/mol. The molecule has 0 aromatic heterocycles. The van der Waals surface area contributed by atoms with Gasteiger partial charge in [0.1, 0.15) is 0 Å². The van der Waals surface area contributed by atoms with Crippen LogP contribution in [0.4, 0.5) is 13.2 Å². The first-order valence-electron chi connectivity index (χ1n) is 7.32. The van der Waals surface area contributed by atoms with Crippen LogP contribution in [0.1, 0.15) is 42.6 Å². The summed E-state index contributed by atoms with van der Waals surface area (Å²) in [6, 6.07) is 5.01. The molecule has 6 heteroatoms. The van der Waals surface area contributed by atoms with Crippen LogP contribution in [-0.4, -0.2) is 35.2 Å². The maximum absolute atomic E-state index is 12.8. The zero-order chi connectivity index (χ0) is 16.5. The number of carbonyl (C=O) groups is 1. The Bertz CT molecular complexity index is 537. The molecular weight excluding hydrogens is 295 g/mol. The Morgan fingerprint density at radius 2 is 1.86 bits per heavy atom. The van der Waals surface area contributed by atoms with Gasteiger partial charge >= 0.3 is 6.18 Å². The summed E-state index contributed by atoms with van der Waals surface area (Å²) >= 11 is 0. The summed E-state index contributed by atoms with van der Waals surface area (Å²) in [5.74, 6) is 0.257. The molecule has 0 aliphatic carbocycles. The highest BCUT2D eigenvalue weighted by Gasteiger charge is 2.51. The van der Waals surface area contributed by atoms with Gasteiger partial charge in [-0.2, -0.15) is 13.2 Å². The van der Waals surface area contributed by atoms with Gasteiger partial charge in [0.25, 0.3) is 5.91 Å². The average Bonchev–Trinajstić information content (AvgIpc) is 2.45. The molecule has 0 unspecified atom stereocenters. The van der Waals surface area contributed by atoms with Gasteiger partial charge in [0, 0.05) is 18.7 Å². The molecule has 0 radical (unpaired) electrons. The molecule has 122 valence electrons. The molecule has 1 fully saturated rings. The number of nitrogens with zero attached hydrogens (tertiary/aromatic N) is 1. The average molecular weight is 315 g/mol. The van der Waals surface area contributed by atoms with Crippen molar-refractivity contribution in [2.24, 2.45) is 5.92 Å². The van der Waals surface area contributed by atoms with Crippen molar-refractivity contribution in [1.82, 2.24) is 4.90 Å². The molecule has 1 heterocycles. The number of likely N-dealkylation sites (tertiary alicyclic amines) is 1. The first-order chi connectivity index (χ1) is 10.1. The van der Waals surface area contributed by atoms with Crippen LogP contribution in [0, 0.1) is 5.92 Å². The minimum Gasteiger partial charge on any atom is -0.376 e. The van der Waals surface area contributed by atoms with Crippen LogP contribution < -0.4 is 0 Å². The molecule has 1 amide bonds. The highest BCUT2D eigenvalue weighted by molar-refractivity contribution is 5.94. The summed E-state index contributed by atoms with van der Waals surface area (Å²) in [5.41, 5.74) is -2.85. The van der Waals surface area contributed by atoms with Crippen molar-refractivity contribution in [3.8, 4) is 0 Å². The second-order valence-corrected chi connectivity index (χ2v) is 6.15. The van der Waals surface area contributed by atoms with Gasteiger partial charge in [0.15, 0.2) is 5.60 Å². The Morgan fingerprint density at radius 1 is 1.27 bits per heavy atom. The number of piperidine rings is 1. The summed E-state index contributed by atoms with van der Waals surface area (Å²) < 4.78 is 38.4. The number of hydrogen-bond donors (Lipinski definition) is 1. The Labute approximate surface area is 127 Å². The molecule has 2 atom stereocenters. The zero-order valence-electron chi connectivity index (χ0n) is 12.7. The molecule has 3 nitrogen and oxygen atoms in total. The van der Waals surface area contributed by atoms with E-state index < -0.39 is 11.8 Å². The largest absolute Gasteiger partial charge is 0.421 e. The van der Waals surface area contributed by atoms with Crippen LogP contribution >= 0.6 is 0 Å². The van der Waals surface area contributed by atoms with Crippen LogP contribution in [0.15, 0.2) is 24.3 Å². The van der Waals surface area contributed by atoms with Crippen molar-refractivity contribution in [2.45, 2.75) is 38.5 Å². The van der Waals surface area contributed by atoms with E-state index in [1.54, 1.807) is 4.90 Å². The smallest absolute Gasteiger partial charge is 0.376 e. The van der Waals surface area contributed by atoms with Crippen molar-refractivity contribution >= 4 is 5.91 Å². The molecule has 1 aromatic carbocycles. The minimum atomic E-state index is -4.76. The van der Waals surface area contributed by atoms with Gasteiger partial charge in [-0.05, 0) is 43.4 Å². The van der Waals surface area contributed by atoms with Crippen molar-refractivity contribution in [3.63, 3.8) is 0 Å². The molecule has 0 bridgehead atoms. The number of hydrogen-bond acceptors (Lipinski definition) is 2. The van der Waals surface area contributed by atoms with Gasteiger partial charge in [-0.3, -0.25) is 4.79 Å². The molecule has 1 aromatic rings. The van der Waals surface area contributed by atoms with Crippen LogP contribution in [0.5, 0.6) is 0 Å². The number of carbonyl (C=O) groups excluding carboxylic acids is 1. The molecule has 1 aliphatic rings. The van der Waals surface area contributed by atoms with E-state index >= 15 is 0 Å². The first kappa shape index (κ1) is 16.8. The lowest BCUT2D eigenvalue weighted by atomic mass is 9.94. The Balaban J connectivity index is 2.17. The van der Waals surface area contributed by atoms with Gasteiger partial charge in [-0.25, -0.2) is 0 Å². The quantitative estimate of drug-likeness (QED) is 0.909. The number of rotatable bonds is 2. The van der Waals surface area contributed by atoms with Gasteiger partial charge in [0.05, 0.1) is 0 Å². The number of halogens is 3. The summed E-state index contributed by atoms with van der Waals surface area (Å²) in [4.78, 5) is 14.1. The third-order valence-electron chi connectivity index (χ3n) is 4.19. The number of aliphatic hydroxyl groups is 1. The molecule has 0 saturated carbocycles. The van der Waals surface area contributed by atoms with E-state index in [-0.39, 0.29) is 11.5 Å². The lowest BCUT2D eigenvalue weighted by Gasteiger charge is -2.31. The SMILES string of the molecule is C[C@@H]1CCCN(C(=O)c2ccc([C@](C)(O)C(F)(F)F)cc2)C1. The summed E-state index contributed by atoms with van der Waals surface area (Å²) in [6.45, 7) is 4.12. The van der Waals surface area contributed by atoms with E-state index in [9.17, 15) is 23.1 Å². The van der Waals surface area contributed by atoms with E-state index in [4.69, 9.17) is 0 Å². The molecular formula is C16H20F3NO2. The van der Waals surface area contributed by atoms with Crippen LogP contribution in [-0.2, 0) is 5.60 Å². The van der Waals surface area contributed by atoms with Gasteiger partial charge < -0.3 is 10.0 Å². The first-order valence-corrected chi connectivity index (χ1v) is 7.32. The molecule has 1 saturated heterocycles. The standard InChI is InChI=1S/C16H20F3NO2/c1-11-4-3-9-20(10-11)14(21)12-5-7-13(8-6-12)15(2,22)16(17,18)19/h5-8,11,22H,3-4,9-10H2,1-2H3/t11-,15+/m1/s1. The maximum Gasteiger partial charge on any atom is 0.421 e. The molecule has 0 spiro atoms. The molecule has 1 aliphatic heterocycles. The summed E-state index contributed by atoms with van der Waals surface area (Å²) in [7, 11) is 0. The van der Waals surface area contributed by atoms with Crippen molar-refractivity contribution in [1.29, 1.82) is 0 Å². The second kappa shape index (κ2) is 5.91. The fourth-order valence-corrected chi connectivity index (χ4v) is 2.66. The summed E-state index contributed by atoms with van der Waals surface area (Å²) in [5, 5.41) is 9.61. The van der Waals surface area contributed by atoms with Gasteiger partial charge in [-0.1, -0.05) is 19.1 Å². The minimum absolute atomic E-state index is 0.176. The van der Waals surface area contributed by atoms with E-state index in [0.29, 0.717) is 31.5 Å². The third-order valence-corrected chi connectivity index (χ3v) is 4.19. The number of alkyl halides is 3. The molecule has 1 N–H and O–H groups in total. The van der Waals surface area contributed by atoms with E-state index in [2.05, 4.69) is 6.92 Å². The zero-order valence-corrected chi connectivity index (χ0v) is 12.7. The highest BCUT2D eigenvalue weighted by atomic mass is 19.4. The van der Waals surface area contributed by atoms with Gasteiger partial charge in [0.2, 0.25) is 0 Å². The lowest BCUT2D eigenvalue weighted by molar-refractivity contribution is -0.258. The summed E-state index contributed by atoms with van der Waals surface area (Å²) in [6.07, 6.45) is -2.74. The fourth-order valence-electron chi connectivity index (χ4n) is 2.66. The lowest BCUT2D eigenvalue weighted by Crippen LogP contribution is -2.40. The van der Waals surface area contributed by atoms with Crippen LogP contribution in [0.3, 0.4) is 0 Å². The highest BCUT2D eigenvalue weighted by Crippen LogP contribution is 2.38. The van der Waals surface area contributed by atoms with Gasteiger partial charge in [-0.15, -0.1) is 0 Å². The Hall–Kier alpha value is -1.56. The predicted octanol–water partition coefficient (Wildman–Crippen LogP) is 3.33. The Morgan fingerprint density at radius 3 is 2.36 bits per heavy atom. The topological polar surface area (TPSA) is 40.5 Å². The van der Waals surface area contributed by atoms with Crippen LogP contribution in [0.25, 0.3) is 0 Å². The van der Waals surface area contributed by atoms with Crippen LogP contribution in [0.2, 0.25) is 0 Å². The maximum atomic E-state index is 12.8. The second-order valence-electron chi connectivity index (χ2n) is 6.15. The van der Waals surface area contributed by atoms with E-state index in [1.165, 1.54) is 12.1 Å². The fraction of sp³-hybridized carbons (Fsp3) is 0.562. The van der Waals surface area contributed by atoms with E-state index in [0.717, 1.165) is 25.0 Å². The normalized spacial score (nSPS) is 22.3. The Kier molecular flexibility index (Phi) is 4.52. The van der Waals surface area contributed by atoms with E-state index in [1.807, 2.05) is 0 Å². The van der Waals surface area contributed by atoms with Crippen molar-refractivity contribution < 1.29 is 23.1 Å². The monoisotopic (exact) mass is 315 g/mol. The van der Waals surface area contributed by atoms with Crippen molar-refractivity contribution in [2.75, 3.05) is 13.1 Å². The molecule has 2 rings (SSSR count). The number of benzene rings is 1.